The molecular formula is C27H34N4O6. The molecule has 0 radical (unpaired) electrons. The number of hydrogen-bond donors (Lipinski definition) is 0. The zero-order valence-corrected chi connectivity index (χ0v) is 21.8. The first kappa shape index (κ1) is 26.3. The van der Waals surface area contributed by atoms with Crippen LogP contribution in [-0.2, 0) is 9.53 Å². The standard InChI is InChI=1S/C27H34N4O6/c1-5-37-27(33)30-14-12-29(13-15-30)18-26(32)31-23(21-11-10-19(34-2)16-25(21)36-4)17-22(28-31)20-8-6-7-9-24(20)35-3/h6-11,16,23H,5,12-15,17-18H2,1-4H3. The third kappa shape index (κ3) is 5.80. The fourth-order valence-corrected chi connectivity index (χ4v) is 4.69. The van der Waals surface area contributed by atoms with Crippen molar-refractivity contribution >= 4 is 17.7 Å². The summed E-state index contributed by atoms with van der Waals surface area (Å²) in [5.41, 5.74) is 2.46. The molecule has 0 N–H and O–H groups in total. The Hall–Kier alpha value is -3.79. The van der Waals surface area contributed by atoms with E-state index in [-0.39, 0.29) is 24.6 Å². The topological polar surface area (TPSA) is 93.1 Å². The SMILES string of the molecule is CCOC(=O)N1CCN(CC(=O)N2N=C(c3ccccc3OC)CC2c2ccc(OC)cc2OC)CC1. The van der Waals surface area contributed by atoms with Gasteiger partial charge in [-0.15, -0.1) is 0 Å². The lowest BCUT2D eigenvalue weighted by atomic mass is 9.97. The molecule has 0 spiro atoms. The van der Waals surface area contributed by atoms with Crippen LogP contribution >= 0.6 is 0 Å². The molecule has 2 aromatic rings. The smallest absolute Gasteiger partial charge is 0.409 e. The van der Waals surface area contributed by atoms with Gasteiger partial charge in [-0.25, -0.2) is 9.80 Å². The van der Waals surface area contributed by atoms with Crippen molar-refractivity contribution in [1.82, 2.24) is 14.8 Å². The van der Waals surface area contributed by atoms with Crippen LogP contribution in [-0.4, -0.2) is 93.2 Å². The Labute approximate surface area is 217 Å². The van der Waals surface area contributed by atoms with E-state index in [4.69, 9.17) is 24.0 Å². The van der Waals surface area contributed by atoms with Gasteiger partial charge in [-0.05, 0) is 31.2 Å². The highest BCUT2D eigenvalue weighted by Gasteiger charge is 2.36. The lowest BCUT2D eigenvalue weighted by molar-refractivity contribution is -0.134. The molecule has 2 aliphatic heterocycles. The molecule has 2 aromatic carbocycles. The molecule has 0 bridgehead atoms. The Morgan fingerprint density at radius 1 is 0.946 bits per heavy atom. The molecule has 1 atom stereocenters. The van der Waals surface area contributed by atoms with Crippen LogP contribution in [0.25, 0.3) is 0 Å². The lowest BCUT2D eigenvalue weighted by Crippen LogP contribution is -2.51. The molecule has 0 aliphatic carbocycles. The maximum absolute atomic E-state index is 13.6. The van der Waals surface area contributed by atoms with Gasteiger partial charge in [0.15, 0.2) is 0 Å². The normalized spacial score (nSPS) is 17.8. The van der Waals surface area contributed by atoms with E-state index in [0.29, 0.717) is 56.5 Å². The largest absolute Gasteiger partial charge is 0.497 e. The second-order valence-corrected chi connectivity index (χ2v) is 8.78. The molecule has 0 aromatic heterocycles. The van der Waals surface area contributed by atoms with E-state index in [1.165, 1.54) is 0 Å². The molecule has 2 heterocycles. The van der Waals surface area contributed by atoms with Crippen molar-refractivity contribution in [2.75, 3.05) is 60.7 Å². The first-order valence-corrected chi connectivity index (χ1v) is 12.4. The van der Waals surface area contributed by atoms with Crippen LogP contribution in [0.2, 0.25) is 0 Å². The minimum atomic E-state index is -0.353. The summed E-state index contributed by atoms with van der Waals surface area (Å²) in [5.74, 6) is 1.87. The van der Waals surface area contributed by atoms with E-state index in [2.05, 4.69) is 0 Å². The number of nitrogens with zero attached hydrogens (tertiary/aromatic N) is 4. The summed E-state index contributed by atoms with van der Waals surface area (Å²) >= 11 is 0. The average Bonchev–Trinajstić information content (AvgIpc) is 3.38. The van der Waals surface area contributed by atoms with Crippen molar-refractivity contribution in [2.24, 2.45) is 5.10 Å². The van der Waals surface area contributed by atoms with Gasteiger partial charge in [-0.1, -0.05) is 12.1 Å². The number of benzene rings is 2. The van der Waals surface area contributed by atoms with Gasteiger partial charge in [0.25, 0.3) is 5.91 Å². The van der Waals surface area contributed by atoms with E-state index in [1.807, 2.05) is 47.4 Å². The number of methoxy groups -OCH3 is 3. The van der Waals surface area contributed by atoms with Crippen LogP contribution in [0.3, 0.4) is 0 Å². The summed E-state index contributed by atoms with van der Waals surface area (Å²) in [6.45, 7) is 4.51. The first-order chi connectivity index (χ1) is 18.0. The number of carbonyl (C=O) groups excluding carboxylic acids is 2. The van der Waals surface area contributed by atoms with Crippen LogP contribution in [0.1, 0.15) is 30.5 Å². The maximum atomic E-state index is 13.6. The van der Waals surface area contributed by atoms with Gasteiger partial charge in [0.05, 0.1) is 46.2 Å². The van der Waals surface area contributed by atoms with Gasteiger partial charge in [0.2, 0.25) is 0 Å². The van der Waals surface area contributed by atoms with E-state index < -0.39 is 0 Å². The summed E-state index contributed by atoms with van der Waals surface area (Å²) in [6, 6.07) is 12.9. The first-order valence-electron chi connectivity index (χ1n) is 12.4. The number of amides is 2. The zero-order chi connectivity index (χ0) is 26.4. The van der Waals surface area contributed by atoms with Crippen LogP contribution in [0, 0.1) is 0 Å². The van der Waals surface area contributed by atoms with Gasteiger partial charge in [0, 0.05) is 49.8 Å². The van der Waals surface area contributed by atoms with Crippen LogP contribution in [0.4, 0.5) is 4.79 Å². The van der Waals surface area contributed by atoms with Crippen molar-refractivity contribution in [3.05, 3.63) is 53.6 Å². The van der Waals surface area contributed by atoms with Crippen molar-refractivity contribution in [3.63, 3.8) is 0 Å². The molecule has 10 nitrogen and oxygen atoms in total. The highest BCUT2D eigenvalue weighted by Crippen LogP contribution is 2.40. The Balaban J connectivity index is 1.58. The van der Waals surface area contributed by atoms with Crippen LogP contribution in [0.15, 0.2) is 47.6 Å². The van der Waals surface area contributed by atoms with Crippen molar-refractivity contribution in [1.29, 1.82) is 0 Å². The summed E-state index contributed by atoms with van der Waals surface area (Å²) < 4.78 is 21.7. The number of piperazine rings is 1. The van der Waals surface area contributed by atoms with Gasteiger partial charge >= 0.3 is 6.09 Å². The van der Waals surface area contributed by atoms with E-state index in [0.717, 1.165) is 16.8 Å². The monoisotopic (exact) mass is 510 g/mol. The summed E-state index contributed by atoms with van der Waals surface area (Å²) in [7, 11) is 4.83. The zero-order valence-electron chi connectivity index (χ0n) is 21.8. The lowest BCUT2D eigenvalue weighted by Gasteiger charge is -2.34. The molecule has 37 heavy (non-hydrogen) atoms. The molecule has 1 unspecified atom stereocenters. The quantitative estimate of drug-likeness (QED) is 0.539. The molecule has 10 heteroatoms. The molecule has 0 saturated carbocycles. The Morgan fingerprint density at radius 2 is 1.68 bits per heavy atom. The molecule has 1 saturated heterocycles. The summed E-state index contributed by atoms with van der Waals surface area (Å²) in [4.78, 5) is 29.4. The molecule has 1 fully saturated rings. The Morgan fingerprint density at radius 3 is 2.35 bits per heavy atom. The summed E-state index contributed by atoms with van der Waals surface area (Å²) in [5, 5.41) is 6.36. The second-order valence-electron chi connectivity index (χ2n) is 8.78. The highest BCUT2D eigenvalue weighted by atomic mass is 16.6. The third-order valence-electron chi connectivity index (χ3n) is 6.64. The number of para-hydroxylation sites is 1. The van der Waals surface area contributed by atoms with E-state index in [9.17, 15) is 9.59 Å². The number of ether oxygens (including phenoxy) is 4. The third-order valence-corrected chi connectivity index (χ3v) is 6.64. The maximum Gasteiger partial charge on any atom is 0.409 e. The van der Waals surface area contributed by atoms with Crippen molar-refractivity contribution in [2.45, 2.75) is 19.4 Å². The number of hydrogen-bond acceptors (Lipinski definition) is 8. The fourth-order valence-electron chi connectivity index (χ4n) is 4.69. The minimum absolute atomic E-state index is 0.127. The van der Waals surface area contributed by atoms with Crippen molar-refractivity contribution < 1.29 is 28.5 Å². The van der Waals surface area contributed by atoms with E-state index in [1.54, 1.807) is 38.2 Å². The van der Waals surface area contributed by atoms with Gasteiger partial charge in [-0.2, -0.15) is 5.10 Å². The predicted molar refractivity (Wildman–Crippen MR) is 138 cm³/mol. The predicted octanol–water partition coefficient (Wildman–Crippen LogP) is 3.16. The highest BCUT2D eigenvalue weighted by molar-refractivity contribution is 6.05. The van der Waals surface area contributed by atoms with Gasteiger partial charge < -0.3 is 23.8 Å². The fraction of sp³-hybridized carbons (Fsp3) is 0.444. The second kappa shape index (κ2) is 12.0. The number of rotatable bonds is 8. The Bertz CT molecular complexity index is 1150. The number of hydrazone groups is 1. The molecule has 4 rings (SSSR count). The van der Waals surface area contributed by atoms with Crippen molar-refractivity contribution in [3.8, 4) is 17.2 Å². The molecule has 198 valence electrons. The van der Waals surface area contributed by atoms with E-state index >= 15 is 0 Å². The molecule has 2 amide bonds. The summed E-state index contributed by atoms with van der Waals surface area (Å²) in [6.07, 6.45) is 0.191. The van der Waals surface area contributed by atoms with Crippen LogP contribution < -0.4 is 14.2 Å². The average molecular weight is 511 g/mol. The molecular weight excluding hydrogens is 476 g/mol. The van der Waals surface area contributed by atoms with Gasteiger partial charge in [0.1, 0.15) is 17.2 Å². The molecule has 2 aliphatic rings. The minimum Gasteiger partial charge on any atom is -0.497 e. The number of carbonyl (C=O) groups is 2. The van der Waals surface area contributed by atoms with Crippen LogP contribution in [0.5, 0.6) is 17.2 Å². The Kier molecular flexibility index (Phi) is 8.50. The van der Waals surface area contributed by atoms with Gasteiger partial charge in [-0.3, -0.25) is 9.69 Å².